The zero-order valence-electron chi connectivity index (χ0n) is 15.4. The van der Waals surface area contributed by atoms with Gasteiger partial charge in [-0.05, 0) is 32.9 Å². The van der Waals surface area contributed by atoms with Gasteiger partial charge in [-0.3, -0.25) is 4.79 Å². The molecular formula is C18H26ClFN2O3. The number of benzene rings is 1. The average molecular weight is 373 g/mol. The largest absolute Gasteiger partial charge is 0.444 e. The molecule has 1 fully saturated rings. The Morgan fingerprint density at radius 2 is 1.60 bits per heavy atom. The van der Waals surface area contributed by atoms with Crippen LogP contribution >= 0.6 is 11.6 Å². The summed E-state index contributed by atoms with van der Waals surface area (Å²) in [5.41, 5.74) is -0.614. The molecule has 0 aromatic heterocycles. The Bertz CT molecular complexity index is 609. The molecule has 0 N–H and O–H groups in total. The molecule has 0 radical (unpaired) electrons. The molecule has 0 bridgehead atoms. The summed E-state index contributed by atoms with van der Waals surface area (Å²) in [6.07, 6.45) is -0.404. The van der Waals surface area contributed by atoms with Crippen LogP contribution in [-0.4, -0.2) is 53.6 Å². The Morgan fingerprint density at radius 1 is 1.08 bits per heavy atom. The third kappa shape index (κ3) is 5.88. The second-order valence-electron chi connectivity index (χ2n) is 6.36. The Hall–Kier alpha value is -1.82. The van der Waals surface area contributed by atoms with Crippen LogP contribution in [0.25, 0.3) is 0 Å². The smallest absolute Gasteiger partial charge is 0.410 e. The lowest BCUT2D eigenvalue weighted by atomic mass is 10.1. The molecule has 0 unspecified atom stereocenters. The van der Waals surface area contributed by atoms with Crippen LogP contribution in [0, 0.1) is 5.82 Å². The second kappa shape index (κ2) is 9.04. The van der Waals surface area contributed by atoms with Crippen molar-refractivity contribution in [1.82, 2.24) is 9.80 Å². The summed E-state index contributed by atoms with van der Waals surface area (Å²) < 4.78 is 19.2. The minimum Gasteiger partial charge on any atom is -0.444 e. The summed E-state index contributed by atoms with van der Waals surface area (Å²) in [4.78, 5) is 27.4. The fourth-order valence-corrected chi connectivity index (χ4v) is 2.43. The number of halogens is 2. The molecule has 5 nitrogen and oxygen atoms in total. The van der Waals surface area contributed by atoms with E-state index in [4.69, 9.17) is 16.3 Å². The van der Waals surface area contributed by atoms with Gasteiger partial charge in [0.15, 0.2) is 5.82 Å². The Balaban J connectivity index is 0.00000151. The minimum absolute atomic E-state index is 0.0526. The average Bonchev–Trinajstić information content (AvgIpc) is 2.57. The lowest BCUT2D eigenvalue weighted by Crippen LogP contribution is -2.51. The first-order valence-electron chi connectivity index (χ1n) is 8.40. The first-order chi connectivity index (χ1) is 11.7. The van der Waals surface area contributed by atoms with Crippen LogP contribution < -0.4 is 0 Å². The van der Waals surface area contributed by atoms with Gasteiger partial charge in [0.2, 0.25) is 0 Å². The van der Waals surface area contributed by atoms with Crippen molar-refractivity contribution >= 4 is 23.6 Å². The van der Waals surface area contributed by atoms with Crippen LogP contribution in [-0.2, 0) is 4.74 Å². The quantitative estimate of drug-likeness (QED) is 0.742. The monoisotopic (exact) mass is 372 g/mol. The zero-order chi connectivity index (χ0) is 19.2. The maximum Gasteiger partial charge on any atom is 0.410 e. The van der Waals surface area contributed by atoms with E-state index in [1.54, 1.807) is 25.7 Å². The molecule has 7 heteroatoms. The van der Waals surface area contributed by atoms with Crippen molar-refractivity contribution in [3.8, 4) is 0 Å². The Kier molecular flexibility index (Phi) is 7.67. The summed E-state index contributed by atoms with van der Waals surface area (Å²) >= 11 is 5.71. The molecule has 1 heterocycles. The fraction of sp³-hybridized carbons (Fsp3) is 0.556. The highest BCUT2D eigenvalue weighted by Crippen LogP contribution is 2.20. The number of hydrogen-bond acceptors (Lipinski definition) is 3. The van der Waals surface area contributed by atoms with Crippen LogP contribution in [0.4, 0.5) is 9.18 Å². The molecule has 0 atom stereocenters. The maximum atomic E-state index is 13.9. The van der Waals surface area contributed by atoms with Crippen LogP contribution in [0.15, 0.2) is 18.2 Å². The maximum absolute atomic E-state index is 13.9. The highest BCUT2D eigenvalue weighted by atomic mass is 35.5. The van der Waals surface area contributed by atoms with Gasteiger partial charge < -0.3 is 14.5 Å². The van der Waals surface area contributed by atoms with Crippen LogP contribution in [0.1, 0.15) is 45.0 Å². The van der Waals surface area contributed by atoms with Gasteiger partial charge in [-0.2, -0.15) is 0 Å². The predicted octanol–water partition coefficient (Wildman–Crippen LogP) is 4.20. The molecule has 1 saturated heterocycles. The van der Waals surface area contributed by atoms with Crippen molar-refractivity contribution in [2.75, 3.05) is 26.2 Å². The van der Waals surface area contributed by atoms with Gasteiger partial charge in [0.25, 0.3) is 5.91 Å². The first-order valence-corrected chi connectivity index (χ1v) is 8.78. The highest BCUT2D eigenvalue weighted by Gasteiger charge is 2.29. The molecule has 2 amide bonds. The standard InChI is InChI=1S/C16H20ClFN2O3.C2H6/c1-16(2,3)23-15(22)20-9-7-19(8-10-20)14(21)11-5-4-6-12(17)13(11)18;1-2/h4-6H,7-10H2,1-3H3;1-2H3. The fourth-order valence-electron chi connectivity index (χ4n) is 2.26. The van der Waals surface area contributed by atoms with Crippen LogP contribution in [0.3, 0.4) is 0 Å². The van der Waals surface area contributed by atoms with E-state index in [-0.39, 0.29) is 10.6 Å². The molecule has 0 aliphatic carbocycles. The van der Waals surface area contributed by atoms with Gasteiger partial charge in [0.05, 0.1) is 10.6 Å². The molecule has 0 saturated carbocycles. The molecule has 2 rings (SSSR count). The van der Waals surface area contributed by atoms with Crippen LogP contribution in [0.2, 0.25) is 5.02 Å². The van der Waals surface area contributed by atoms with E-state index in [0.29, 0.717) is 26.2 Å². The number of hydrogen-bond donors (Lipinski definition) is 0. The molecule has 1 aliphatic heterocycles. The second-order valence-corrected chi connectivity index (χ2v) is 6.77. The van der Waals surface area contributed by atoms with E-state index in [0.717, 1.165) is 0 Å². The van der Waals surface area contributed by atoms with Crippen LogP contribution in [0.5, 0.6) is 0 Å². The Morgan fingerprint density at radius 3 is 2.12 bits per heavy atom. The highest BCUT2D eigenvalue weighted by molar-refractivity contribution is 6.31. The molecule has 0 spiro atoms. The van der Waals surface area contributed by atoms with E-state index in [2.05, 4.69) is 0 Å². The lowest BCUT2D eigenvalue weighted by molar-refractivity contribution is 0.0140. The van der Waals surface area contributed by atoms with Gasteiger partial charge >= 0.3 is 6.09 Å². The predicted molar refractivity (Wildman–Crippen MR) is 96.5 cm³/mol. The van der Waals surface area contributed by atoms with Crippen molar-refractivity contribution in [2.45, 2.75) is 40.2 Å². The number of rotatable bonds is 1. The zero-order valence-corrected chi connectivity index (χ0v) is 16.2. The lowest BCUT2D eigenvalue weighted by Gasteiger charge is -2.35. The summed E-state index contributed by atoms with van der Waals surface area (Å²) in [5, 5.41) is -0.0803. The third-order valence-electron chi connectivity index (χ3n) is 3.40. The van der Waals surface area contributed by atoms with E-state index >= 15 is 0 Å². The molecule has 140 valence electrons. The topological polar surface area (TPSA) is 49.9 Å². The van der Waals surface area contributed by atoms with Gasteiger partial charge in [0.1, 0.15) is 5.60 Å². The summed E-state index contributed by atoms with van der Waals surface area (Å²) in [5.74, 6) is -1.14. The van der Waals surface area contributed by atoms with Crippen molar-refractivity contribution < 1.29 is 18.7 Å². The minimum atomic E-state index is -0.714. The summed E-state index contributed by atoms with van der Waals surface area (Å²) in [7, 11) is 0. The van der Waals surface area contributed by atoms with Gasteiger partial charge in [-0.1, -0.05) is 31.5 Å². The van der Waals surface area contributed by atoms with E-state index in [1.165, 1.54) is 23.1 Å². The SMILES string of the molecule is CC.CC(C)(C)OC(=O)N1CCN(C(=O)c2cccc(Cl)c2F)CC1. The summed E-state index contributed by atoms with van der Waals surface area (Å²) in [6, 6.07) is 4.34. The first kappa shape index (κ1) is 21.2. The van der Waals surface area contributed by atoms with E-state index in [9.17, 15) is 14.0 Å². The third-order valence-corrected chi connectivity index (χ3v) is 3.69. The van der Waals surface area contributed by atoms with Gasteiger partial charge in [-0.15, -0.1) is 0 Å². The van der Waals surface area contributed by atoms with Gasteiger partial charge in [0, 0.05) is 26.2 Å². The number of carbonyl (C=O) groups is 2. The molecule has 25 heavy (non-hydrogen) atoms. The van der Waals surface area contributed by atoms with Crippen molar-refractivity contribution in [3.05, 3.63) is 34.6 Å². The summed E-state index contributed by atoms with van der Waals surface area (Å²) in [6.45, 7) is 10.7. The molecule has 1 aromatic carbocycles. The van der Waals surface area contributed by atoms with E-state index < -0.39 is 23.4 Å². The van der Waals surface area contributed by atoms with Gasteiger partial charge in [-0.25, -0.2) is 9.18 Å². The Labute approximate surface area is 153 Å². The normalized spacial score (nSPS) is 14.5. The van der Waals surface area contributed by atoms with E-state index in [1.807, 2.05) is 13.8 Å². The molecule has 1 aliphatic rings. The molecular weight excluding hydrogens is 347 g/mol. The van der Waals surface area contributed by atoms with Crippen molar-refractivity contribution in [1.29, 1.82) is 0 Å². The number of nitrogens with zero attached hydrogens (tertiary/aromatic N) is 2. The number of carbonyl (C=O) groups excluding carboxylic acids is 2. The number of piperazine rings is 1. The van der Waals surface area contributed by atoms with Crippen molar-refractivity contribution in [3.63, 3.8) is 0 Å². The van der Waals surface area contributed by atoms with Crippen molar-refractivity contribution in [2.24, 2.45) is 0 Å². The molecule has 1 aromatic rings. The number of amides is 2. The number of ether oxygens (including phenoxy) is 1.